The maximum absolute atomic E-state index is 12.2. The summed E-state index contributed by atoms with van der Waals surface area (Å²) in [6.07, 6.45) is -4.52. The van der Waals surface area contributed by atoms with E-state index in [1.165, 1.54) is 6.92 Å². The molecule has 0 unspecified atom stereocenters. The van der Waals surface area contributed by atoms with E-state index in [9.17, 15) is 19.8 Å². The average Bonchev–Trinajstić information content (AvgIpc) is 2.43. The lowest BCUT2D eigenvalue weighted by molar-refractivity contribution is -0.245. The highest BCUT2D eigenvalue weighted by molar-refractivity contribution is 5.75. The Hall–Kier alpha value is -1.18. The minimum absolute atomic E-state index is 0.165. The molecule has 0 aromatic carbocycles. The van der Waals surface area contributed by atoms with Gasteiger partial charge < -0.3 is 24.4 Å². The fourth-order valence-corrected chi connectivity index (χ4v) is 2.45. The summed E-state index contributed by atoms with van der Waals surface area (Å²) in [5, 5.41) is 20.7. The van der Waals surface area contributed by atoms with E-state index in [2.05, 4.69) is 0 Å². The van der Waals surface area contributed by atoms with Crippen LogP contribution in [-0.2, 0) is 23.8 Å². The Kier molecular flexibility index (Phi) is 7.19. The Bertz CT molecular complexity index is 441. The third-order valence-electron chi connectivity index (χ3n) is 3.79. The SMILES string of the molecule is CC(=O)OC[C@H]1O[C@H](CC(C)C)[C@@H](OC(=O)C(C)(C)C)[C@H](O)[C@H]1O. The van der Waals surface area contributed by atoms with Crippen molar-refractivity contribution in [2.75, 3.05) is 6.61 Å². The van der Waals surface area contributed by atoms with Gasteiger partial charge in [0.15, 0.2) is 6.10 Å². The van der Waals surface area contributed by atoms with Crippen LogP contribution in [0.1, 0.15) is 48.0 Å². The maximum Gasteiger partial charge on any atom is 0.311 e. The smallest absolute Gasteiger partial charge is 0.311 e. The Balaban J connectivity index is 2.91. The van der Waals surface area contributed by atoms with Crippen LogP contribution < -0.4 is 0 Å². The first-order valence-corrected chi connectivity index (χ1v) is 8.29. The minimum Gasteiger partial charge on any atom is -0.463 e. The van der Waals surface area contributed by atoms with Crippen LogP contribution in [0.15, 0.2) is 0 Å². The van der Waals surface area contributed by atoms with E-state index in [1.807, 2.05) is 13.8 Å². The molecule has 24 heavy (non-hydrogen) atoms. The van der Waals surface area contributed by atoms with Crippen molar-refractivity contribution in [3.63, 3.8) is 0 Å². The Labute approximate surface area is 143 Å². The summed E-state index contributed by atoms with van der Waals surface area (Å²) in [6, 6.07) is 0. The predicted octanol–water partition coefficient (Wildman–Crippen LogP) is 1.04. The lowest BCUT2D eigenvalue weighted by Crippen LogP contribution is -2.60. The van der Waals surface area contributed by atoms with E-state index in [-0.39, 0.29) is 12.5 Å². The number of rotatable bonds is 5. The van der Waals surface area contributed by atoms with Crippen molar-refractivity contribution in [3.05, 3.63) is 0 Å². The third kappa shape index (κ3) is 5.72. The second-order valence-corrected chi connectivity index (χ2v) is 7.75. The first kappa shape index (κ1) is 20.9. The van der Waals surface area contributed by atoms with Gasteiger partial charge in [0.05, 0.1) is 11.5 Å². The van der Waals surface area contributed by atoms with Crippen LogP contribution in [0.3, 0.4) is 0 Å². The number of ether oxygens (including phenoxy) is 3. The van der Waals surface area contributed by atoms with E-state index in [0.29, 0.717) is 6.42 Å². The van der Waals surface area contributed by atoms with Gasteiger partial charge >= 0.3 is 11.9 Å². The van der Waals surface area contributed by atoms with Gasteiger partial charge in [-0.1, -0.05) is 13.8 Å². The van der Waals surface area contributed by atoms with Gasteiger partial charge in [0.1, 0.15) is 24.9 Å². The van der Waals surface area contributed by atoms with Crippen LogP contribution in [0.25, 0.3) is 0 Å². The molecule has 1 aliphatic rings. The summed E-state index contributed by atoms with van der Waals surface area (Å²) in [7, 11) is 0. The van der Waals surface area contributed by atoms with Crippen LogP contribution >= 0.6 is 0 Å². The van der Waals surface area contributed by atoms with Gasteiger partial charge in [0, 0.05) is 6.92 Å². The molecule has 1 aliphatic heterocycles. The summed E-state index contributed by atoms with van der Waals surface area (Å²) in [6.45, 7) is 10.2. The van der Waals surface area contributed by atoms with Gasteiger partial charge in [-0.25, -0.2) is 0 Å². The summed E-state index contributed by atoms with van der Waals surface area (Å²) in [4.78, 5) is 23.1. The van der Waals surface area contributed by atoms with Crippen molar-refractivity contribution in [1.82, 2.24) is 0 Å². The van der Waals surface area contributed by atoms with Crippen LogP contribution in [0.4, 0.5) is 0 Å². The van der Waals surface area contributed by atoms with Crippen molar-refractivity contribution < 1.29 is 34.0 Å². The minimum atomic E-state index is -1.31. The summed E-state index contributed by atoms with van der Waals surface area (Å²) in [5.74, 6) is -0.751. The van der Waals surface area contributed by atoms with E-state index < -0.39 is 47.9 Å². The van der Waals surface area contributed by atoms with Crippen molar-refractivity contribution in [1.29, 1.82) is 0 Å². The molecule has 0 radical (unpaired) electrons. The molecule has 140 valence electrons. The van der Waals surface area contributed by atoms with Gasteiger partial charge in [0.25, 0.3) is 0 Å². The molecule has 1 heterocycles. The molecule has 0 saturated carbocycles. The highest BCUT2D eigenvalue weighted by Gasteiger charge is 2.47. The molecule has 0 bridgehead atoms. The number of hydrogen-bond donors (Lipinski definition) is 2. The number of carbonyl (C=O) groups is 2. The molecular weight excluding hydrogens is 316 g/mol. The second kappa shape index (κ2) is 8.27. The molecule has 0 amide bonds. The van der Waals surface area contributed by atoms with Crippen LogP contribution in [0.2, 0.25) is 0 Å². The molecule has 1 rings (SSSR count). The summed E-state index contributed by atoms with van der Waals surface area (Å²) in [5.41, 5.74) is -0.734. The standard InChI is InChI=1S/C17H30O7/c1-9(2)7-11-15(24-16(21)17(4,5)6)14(20)13(19)12(23-11)8-22-10(3)18/h9,11-15,19-20H,7-8H2,1-6H3/t11-,12-,13+,14-,15-/m1/s1. The molecule has 0 aromatic heterocycles. The number of aliphatic hydroxyl groups is 2. The Morgan fingerprint density at radius 3 is 2.17 bits per heavy atom. The lowest BCUT2D eigenvalue weighted by atomic mass is 9.89. The van der Waals surface area contributed by atoms with Gasteiger partial charge in [-0.3, -0.25) is 9.59 Å². The third-order valence-corrected chi connectivity index (χ3v) is 3.79. The first-order valence-electron chi connectivity index (χ1n) is 8.29. The number of hydrogen-bond acceptors (Lipinski definition) is 7. The second-order valence-electron chi connectivity index (χ2n) is 7.75. The molecule has 0 aliphatic carbocycles. The molecule has 1 saturated heterocycles. The van der Waals surface area contributed by atoms with E-state index in [1.54, 1.807) is 20.8 Å². The van der Waals surface area contributed by atoms with Gasteiger partial charge in [0.2, 0.25) is 0 Å². The number of aliphatic hydroxyl groups excluding tert-OH is 2. The molecule has 1 fully saturated rings. The van der Waals surface area contributed by atoms with Gasteiger partial charge in [-0.05, 0) is 33.1 Å². The average molecular weight is 346 g/mol. The maximum atomic E-state index is 12.2. The van der Waals surface area contributed by atoms with E-state index in [4.69, 9.17) is 14.2 Å². The van der Waals surface area contributed by atoms with Crippen molar-refractivity contribution >= 4 is 11.9 Å². The van der Waals surface area contributed by atoms with Crippen molar-refractivity contribution in [2.24, 2.45) is 11.3 Å². The Morgan fingerprint density at radius 1 is 1.12 bits per heavy atom. The van der Waals surface area contributed by atoms with Gasteiger partial charge in [-0.15, -0.1) is 0 Å². The zero-order valence-corrected chi connectivity index (χ0v) is 15.3. The predicted molar refractivity (Wildman–Crippen MR) is 86.1 cm³/mol. The van der Waals surface area contributed by atoms with E-state index in [0.717, 1.165) is 0 Å². The monoisotopic (exact) mass is 346 g/mol. The molecule has 0 spiro atoms. The normalized spacial score (nSPS) is 31.0. The summed E-state index contributed by atoms with van der Waals surface area (Å²) >= 11 is 0. The number of esters is 2. The van der Waals surface area contributed by atoms with Crippen LogP contribution in [-0.4, -0.2) is 59.3 Å². The van der Waals surface area contributed by atoms with Gasteiger partial charge in [-0.2, -0.15) is 0 Å². The van der Waals surface area contributed by atoms with E-state index >= 15 is 0 Å². The van der Waals surface area contributed by atoms with Crippen LogP contribution in [0.5, 0.6) is 0 Å². The lowest BCUT2D eigenvalue weighted by Gasteiger charge is -2.43. The highest BCUT2D eigenvalue weighted by Crippen LogP contribution is 2.30. The number of carbonyl (C=O) groups excluding carboxylic acids is 2. The molecule has 5 atom stereocenters. The molecular formula is C17H30O7. The zero-order valence-electron chi connectivity index (χ0n) is 15.3. The van der Waals surface area contributed by atoms with Crippen molar-refractivity contribution in [3.8, 4) is 0 Å². The molecule has 2 N–H and O–H groups in total. The zero-order chi connectivity index (χ0) is 18.7. The highest BCUT2D eigenvalue weighted by atomic mass is 16.6. The summed E-state index contributed by atoms with van der Waals surface area (Å²) < 4.78 is 16.1. The topological polar surface area (TPSA) is 102 Å². The fraction of sp³-hybridized carbons (Fsp3) is 0.882. The largest absolute Gasteiger partial charge is 0.463 e. The quantitative estimate of drug-likeness (QED) is 0.717. The molecule has 0 aromatic rings. The fourth-order valence-electron chi connectivity index (χ4n) is 2.45. The Morgan fingerprint density at radius 2 is 1.71 bits per heavy atom. The van der Waals surface area contributed by atoms with Crippen molar-refractivity contribution in [2.45, 2.75) is 78.5 Å². The molecule has 7 heteroatoms. The molecule has 7 nitrogen and oxygen atoms in total. The van der Waals surface area contributed by atoms with Crippen LogP contribution in [0, 0.1) is 11.3 Å². The first-order chi connectivity index (χ1) is 10.9.